The molecular formula is C22H25N7O6S. The van der Waals surface area contributed by atoms with Gasteiger partial charge in [0, 0.05) is 35.7 Å². The van der Waals surface area contributed by atoms with Gasteiger partial charge in [-0.1, -0.05) is 11.2 Å². The van der Waals surface area contributed by atoms with E-state index >= 15 is 0 Å². The standard InChI is InChI=1S/C22H25N7O6S/c1-23-22(31)18-15(11-16(27-28-18)25-21(30)12-7-8-12)24-14-6-4-5-13(19(14)34-2)20-26-17(35-29-20)9-10-36(3,32)33/h4-6,11-12H,7-10H2,1-3H3,(H,23,31)(H2,24,25,27,30)/i1D3. The molecule has 1 aliphatic carbocycles. The molecular weight excluding hydrogens is 490 g/mol. The predicted molar refractivity (Wildman–Crippen MR) is 130 cm³/mol. The molecule has 0 unspecified atom stereocenters. The number of aromatic nitrogens is 4. The zero-order valence-electron chi connectivity index (χ0n) is 22.4. The molecule has 0 bridgehead atoms. The summed E-state index contributed by atoms with van der Waals surface area (Å²) in [4.78, 5) is 29.2. The lowest BCUT2D eigenvalue weighted by Crippen LogP contribution is -2.22. The van der Waals surface area contributed by atoms with E-state index in [0.29, 0.717) is 11.3 Å². The fraction of sp³-hybridized carbons (Fsp3) is 0.364. The van der Waals surface area contributed by atoms with Crippen LogP contribution in [0.1, 0.15) is 33.3 Å². The first-order valence-electron chi connectivity index (χ1n) is 12.3. The van der Waals surface area contributed by atoms with Crippen LogP contribution in [0.3, 0.4) is 0 Å². The minimum Gasteiger partial charge on any atom is -0.494 e. The van der Waals surface area contributed by atoms with E-state index in [2.05, 4.69) is 31.0 Å². The first-order chi connectivity index (χ1) is 18.3. The minimum absolute atomic E-state index is 0.0338. The molecule has 1 saturated carbocycles. The Balaban J connectivity index is 1.67. The third-order valence-electron chi connectivity index (χ3n) is 5.21. The molecule has 2 aromatic heterocycles. The number of ether oxygens (including phenoxy) is 1. The summed E-state index contributed by atoms with van der Waals surface area (Å²) in [6.07, 6.45) is 2.66. The number of carbonyl (C=O) groups excluding carboxylic acids is 2. The number of para-hydroxylation sites is 1. The van der Waals surface area contributed by atoms with E-state index in [-0.39, 0.29) is 58.7 Å². The predicted octanol–water partition coefficient (Wildman–Crippen LogP) is 1.57. The smallest absolute Gasteiger partial charge is 0.273 e. The molecule has 2 amide bonds. The largest absolute Gasteiger partial charge is 0.494 e. The fourth-order valence-electron chi connectivity index (χ4n) is 3.26. The van der Waals surface area contributed by atoms with Crippen molar-refractivity contribution < 1.29 is 31.4 Å². The van der Waals surface area contributed by atoms with Crippen LogP contribution >= 0.6 is 0 Å². The molecule has 190 valence electrons. The minimum atomic E-state index is -3.23. The number of anilines is 3. The molecule has 1 fully saturated rings. The van der Waals surface area contributed by atoms with Crippen molar-refractivity contribution in [3.63, 3.8) is 0 Å². The molecule has 2 heterocycles. The van der Waals surface area contributed by atoms with Gasteiger partial charge in [0.05, 0.1) is 29.8 Å². The Morgan fingerprint density at radius 2 is 2.06 bits per heavy atom. The quantitative estimate of drug-likeness (QED) is 0.355. The SMILES string of the molecule is [2H]C([2H])([2H])NC(=O)c1nnc(NC(=O)C2CC2)cc1Nc1cccc(-c2noc(CCS(C)(=O)=O)n2)c1OC. The van der Waals surface area contributed by atoms with Gasteiger partial charge in [-0.15, -0.1) is 10.2 Å². The molecule has 36 heavy (non-hydrogen) atoms. The van der Waals surface area contributed by atoms with E-state index in [1.165, 1.54) is 13.2 Å². The summed E-state index contributed by atoms with van der Waals surface area (Å²) in [5, 5.41) is 19.1. The first kappa shape index (κ1) is 21.2. The average molecular weight is 519 g/mol. The van der Waals surface area contributed by atoms with Gasteiger partial charge in [-0.05, 0) is 25.0 Å². The number of benzene rings is 1. The Hall–Kier alpha value is -4.07. The molecule has 0 saturated heterocycles. The highest BCUT2D eigenvalue weighted by molar-refractivity contribution is 7.90. The van der Waals surface area contributed by atoms with Gasteiger partial charge in [0.2, 0.25) is 17.6 Å². The Labute approximate surface area is 211 Å². The molecule has 14 heteroatoms. The zero-order chi connectivity index (χ0) is 28.4. The summed E-state index contributed by atoms with van der Waals surface area (Å²) >= 11 is 0. The Morgan fingerprint density at radius 3 is 2.75 bits per heavy atom. The number of amides is 2. The first-order valence-corrected chi connectivity index (χ1v) is 12.8. The van der Waals surface area contributed by atoms with Crippen molar-refractivity contribution in [2.75, 3.05) is 36.7 Å². The van der Waals surface area contributed by atoms with Crippen LogP contribution in [-0.2, 0) is 21.1 Å². The van der Waals surface area contributed by atoms with Crippen molar-refractivity contribution in [1.29, 1.82) is 0 Å². The third kappa shape index (κ3) is 5.94. The van der Waals surface area contributed by atoms with E-state index in [1.807, 2.05) is 5.32 Å². The lowest BCUT2D eigenvalue weighted by atomic mass is 10.1. The summed E-state index contributed by atoms with van der Waals surface area (Å²) in [5.41, 5.74) is 0.392. The highest BCUT2D eigenvalue weighted by atomic mass is 32.2. The number of rotatable bonds is 10. The van der Waals surface area contributed by atoms with Gasteiger partial charge in [-0.3, -0.25) is 9.59 Å². The molecule has 0 radical (unpaired) electrons. The van der Waals surface area contributed by atoms with E-state index in [0.717, 1.165) is 19.1 Å². The van der Waals surface area contributed by atoms with Crippen molar-refractivity contribution in [3.05, 3.63) is 35.9 Å². The molecule has 1 aliphatic rings. The van der Waals surface area contributed by atoms with Crippen LogP contribution in [0.2, 0.25) is 0 Å². The number of methoxy groups -OCH3 is 1. The molecule has 13 nitrogen and oxygen atoms in total. The summed E-state index contributed by atoms with van der Waals surface area (Å²) in [7, 11) is -1.84. The van der Waals surface area contributed by atoms with Crippen molar-refractivity contribution in [2.24, 2.45) is 5.92 Å². The van der Waals surface area contributed by atoms with Crippen molar-refractivity contribution >= 4 is 38.8 Å². The van der Waals surface area contributed by atoms with Crippen LogP contribution in [0.4, 0.5) is 17.2 Å². The maximum absolute atomic E-state index is 12.7. The lowest BCUT2D eigenvalue weighted by Gasteiger charge is -2.16. The van der Waals surface area contributed by atoms with Crippen LogP contribution in [-0.4, -0.2) is 66.7 Å². The Kier molecular flexibility index (Phi) is 6.06. The maximum atomic E-state index is 12.7. The van der Waals surface area contributed by atoms with Gasteiger partial charge in [0.15, 0.2) is 17.3 Å². The molecule has 1 aromatic carbocycles. The number of aryl methyl sites for hydroxylation is 1. The number of hydrogen-bond acceptors (Lipinski definition) is 11. The van der Waals surface area contributed by atoms with Gasteiger partial charge < -0.3 is 25.2 Å². The van der Waals surface area contributed by atoms with E-state index < -0.39 is 22.7 Å². The van der Waals surface area contributed by atoms with Gasteiger partial charge >= 0.3 is 0 Å². The van der Waals surface area contributed by atoms with Crippen LogP contribution in [0, 0.1) is 5.92 Å². The number of nitrogens with zero attached hydrogens (tertiary/aromatic N) is 4. The second kappa shape index (κ2) is 10.3. The van der Waals surface area contributed by atoms with Crippen molar-refractivity contribution in [2.45, 2.75) is 19.3 Å². The number of nitrogens with one attached hydrogen (secondary N) is 3. The van der Waals surface area contributed by atoms with Crippen LogP contribution < -0.4 is 20.7 Å². The summed E-state index contributed by atoms with van der Waals surface area (Å²) in [6.45, 7) is -2.78. The number of carbonyl (C=O) groups is 2. The highest BCUT2D eigenvalue weighted by Gasteiger charge is 2.30. The number of sulfone groups is 1. The van der Waals surface area contributed by atoms with E-state index in [4.69, 9.17) is 13.4 Å². The Morgan fingerprint density at radius 1 is 1.25 bits per heavy atom. The van der Waals surface area contributed by atoms with Crippen molar-refractivity contribution in [1.82, 2.24) is 25.7 Å². The average Bonchev–Trinajstić information content (AvgIpc) is 3.59. The second-order valence-corrected chi connectivity index (χ2v) is 10.4. The fourth-order valence-corrected chi connectivity index (χ4v) is 3.81. The topological polar surface area (TPSA) is 178 Å². The monoisotopic (exact) mass is 518 g/mol. The summed E-state index contributed by atoms with van der Waals surface area (Å²) in [6, 6.07) is 6.25. The second-order valence-electron chi connectivity index (χ2n) is 8.11. The van der Waals surface area contributed by atoms with Crippen molar-refractivity contribution in [3.8, 4) is 17.1 Å². The van der Waals surface area contributed by atoms with Crippen LogP contribution in [0.5, 0.6) is 5.75 Å². The highest BCUT2D eigenvalue weighted by Crippen LogP contribution is 2.37. The van der Waals surface area contributed by atoms with Crippen LogP contribution in [0.25, 0.3) is 11.4 Å². The van der Waals surface area contributed by atoms with Gasteiger partial charge in [0.1, 0.15) is 9.84 Å². The van der Waals surface area contributed by atoms with E-state index in [9.17, 15) is 18.0 Å². The molecule has 3 aromatic rings. The van der Waals surface area contributed by atoms with Crippen LogP contribution in [0.15, 0.2) is 28.8 Å². The maximum Gasteiger partial charge on any atom is 0.273 e. The molecule has 3 N–H and O–H groups in total. The van der Waals surface area contributed by atoms with Gasteiger partial charge in [-0.2, -0.15) is 4.98 Å². The number of hydrogen-bond donors (Lipinski definition) is 3. The Bertz CT molecular complexity index is 1510. The molecule has 4 rings (SSSR count). The molecule has 0 spiro atoms. The van der Waals surface area contributed by atoms with Gasteiger partial charge in [0.25, 0.3) is 5.91 Å². The molecule has 0 aliphatic heterocycles. The zero-order valence-corrected chi connectivity index (χ0v) is 20.2. The normalized spacial score (nSPS) is 14.8. The van der Waals surface area contributed by atoms with Gasteiger partial charge in [-0.25, -0.2) is 8.42 Å². The third-order valence-corrected chi connectivity index (χ3v) is 6.15. The van der Waals surface area contributed by atoms with E-state index in [1.54, 1.807) is 18.2 Å². The summed E-state index contributed by atoms with van der Waals surface area (Å²) < 4.78 is 55.7. The molecule has 0 atom stereocenters. The lowest BCUT2D eigenvalue weighted by molar-refractivity contribution is -0.117. The summed E-state index contributed by atoms with van der Waals surface area (Å²) in [5.74, 6) is -0.996.